The highest BCUT2D eigenvalue weighted by molar-refractivity contribution is 6.35. The molecule has 1 N–H and O–H groups in total. The largest absolute Gasteiger partial charge is 0.379 e. The van der Waals surface area contributed by atoms with Crippen molar-refractivity contribution in [2.45, 2.75) is 13.5 Å². The number of pyridine rings is 1. The first-order chi connectivity index (χ1) is 9.65. The molecule has 0 aliphatic rings. The van der Waals surface area contributed by atoms with Crippen molar-refractivity contribution in [1.29, 1.82) is 0 Å². The van der Waals surface area contributed by atoms with Crippen LogP contribution in [0.4, 0.5) is 5.69 Å². The Morgan fingerprint density at radius 2 is 2.25 bits per heavy atom. The molecule has 1 aromatic carbocycles. The van der Waals surface area contributed by atoms with E-state index in [-0.39, 0.29) is 0 Å². The Labute approximate surface area is 122 Å². The lowest BCUT2D eigenvalue weighted by Gasteiger charge is -2.12. The first-order valence-electron chi connectivity index (χ1n) is 6.40. The fourth-order valence-corrected chi connectivity index (χ4v) is 2.65. The molecule has 5 heteroatoms. The zero-order valence-corrected chi connectivity index (χ0v) is 12.1. The number of aromatic nitrogens is 3. The molecule has 0 spiro atoms. The lowest BCUT2D eigenvalue weighted by Crippen LogP contribution is -2.01. The van der Waals surface area contributed by atoms with Crippen molar-refractivity contribution in [3.05, 3.63) is 52.9 Å². The van der Waals surface area contributed by atoms with Gasteiger partial charge in [0.05, 0.1) is 22.4 Å². The number of anilines is 1. The molecule has 20 heavy (non-hydrogen) atoms. The van der Waals surface area contributed by atoms with Crippen LogP contribution in [0.15, 0.2) is 36.8 Å². The molecule has 2 aromatic heterocycles. The number of hydrogen-bond acceptors (Lipinski definition) is 3. The van der Waals surface area contributed by atoms with Crippen molar-refractivity contribution < 1.29 is 0 Å². The zero-order valence-electron chi connectivity index (χ0n) is 11.4. The molecule has 0 amide bonds. The number of aryl methyl sites for hydroxylation is 2. The second kappa shape index (κ2) is 5.13. The predicted octanol–water partition coefficient (Wildman–Crippen LogP) is 3.54. The predicted molar refractivity (Wildman–Crippen MR) is 82.0 cm³/mol. The molecule has 0 atom stereocenters. The number of fused-ring (bicyclic) bond motifs is 1. The second-order valence-corrected chi connectivity index (χ2v) is 5.23. The first kappa shape index (κ1) is 12.9. The highest BCUT2D eigenvalue weighted by Gasteiger charge is 2.09. The van der Waals surface area contributed by atoms with Gasteiger partial charge in [0, 0.05) is 36.9 Å². The maximum absolute atomic E-state index is 6.37. The molecular weight excluding hydrogens is 272 g/mol. The Kier molecular flexibility index (Phi) is 3.32. The molecule has 4 nitrogen and oxygen atoms in total. The molecule has 102 valence electrons. The lowest BCUT2D eigenvalue weighted by molar-refractivity contribution is 0.767. The van der Waals surface area contributed by atoms with E-state index in [1.165, 1.54) is 0 Å². The van der Waals surface area contributed by atoms with Crippen molar-refractivity contribution >= 4 is 28.2 Å². The van der Waals surface area contributed by atoms with Crippen LogP contribution in [0, 0.1) is 6.92 Å². The maximum Gasteiger partial charge on any atom is 0.0752 e. The van der Waals surface area contributed by atoms with Gasteiger partial charge in [-0.05, 0) is 30.7 Å². The molecule has 2 heterocycles. The van der Waals surface area contributed by atoms with Gasteiger partial charge in [0.25, 0.3) is 0 Å². The fourth-order valence-electron chi connectivity index (χ4n) is 2.31. The van der Waals surface area contributed by atoms with Crippen LogP contribution in [0.3, 0.4) is 0 Å². The minimum atomic E-state index is 0.681. The molecule has 3 rings (SSSR count). The third-order valence-electron chi connectivity index (χ3n) is 3.26. The molecule has 0 aliphatic heterocycles. The summed E-state index contributed by atoms with van der Waals surface area (Å²) in [5.41, 5.74) is 4.09. The van der Waals surface area contributed by atoms with E-state index in [1.54, 1.807) is 10.9 Å². The molecule has 0 saturated carbocycles. The van der Waals surface area contributed by atoms with E-state index in [0.717, 1.165) is 27.7 Å². The summed E-state index contributed by atoms with van der Waals surface area (Å²) in [5, 5.41) is 9.30. The third kappa shape index (κ3) is 2.34. The van der Waals surface area contributed by atoms with Crippen LogP contribution in [0.5, 0.6) is 0 Å². The van der Waals surface area contributed by atoms with Gasteiger partial charge in [-0.25, -0.2) is 0 Å². The Bertz CT molecular complexity index is 764. The number of halogens is 1. The summed E-state index contributed by atoms with van der Waals surface area (Å²) in [7, 11) is 1.90. The van der Waals surface area contributed by atoms with Crippen molar-refractivity contribution in [1.82, 2.24) is 14.8 Å². The van der Waals surface area contributed by atoms with E-state index in [1.807, 2.05) is 44.6 Å². The lowest BCUT2D eigenvalue weighted by atomic mass is 10.1. The number of benzene rings is 1. The van der Waals surface area contributed by atoms with Gasteiger partial charge in [-0.2, -0.15) is 5.10 Å². The summed E-state index contributed by atoms with van der Waals surface area (Å²) in [5.74, 6) is 0. The van der Waals surface area contributed by atoms with Gasteiger partial charge in [0.2, 0.25) is 0 Å². The van der Waals surface area contributed by atoms with Gasteiger partial charge in [-0.1, -0.05) is 11.6 Å². The molecule has 0 bridgehead atoms. The minimum Gasteiger partial charge on any atom is -0.379 e. The normalized spacial score (nSPS) is 10.9. The molecule has 0 unspecified atom stereocenters. The van der Waals surface area contributed by atoms with Crippen molar-refractivity contribution in [2.75, 3.05) is 5.32 Å². The fraction of sp³-hybridized carbons (Fsp3) is 0.200. The Hall–Kier alpha value is -2.07. The number of hydrogen-bond donors (Lipinski definition) is 1. The van der Waals surface area contributed by atoms with Crippen LogP contribution in [-0.2, 0) is 13.6 Å². The molecule has 0 saturated heterocycles. The molecular formula is C15H15ClN4. The van der Waals surface area contributed by atoms with E-state index in [4.69, 9.17) is 11.6 Å². The monoisotopic (exact) mass is 286 g/mol. The van der Waals surface area contributed by atoms with E-state index < -0.39 is 0 Å². The van der Waals surface area contributed by atoms with Crippen molar-refractivity contribution in [3.8, 4) is 0 Å². The van der Waals surface area contributed by atoms with Crippen molar-refractivity contribution in [3.63, 3.8) is 0 Å². The van der Waals surface area contributed by atoms with E-state index in [2.05, 4.69) is 15.4 Å². The summed E-state index contributed by atoms with van der Waals surface area (Å²) in [6.07, 6.45) is 5.62. The minimum absolute atomic E-state index is 0.681. The molecule has 3 aromatic rings. The molecule has 0 fully saturated rings. The van der Waals surface area contributed by atoms with Crippen LogP contribution in [0.2, 0.25) is 5.02 Å². The van der Waals surface area contributed by atoms with Crippen LogP contribution in [-0.4, -0.2) is 14.8 Å². The number of nitrogens with one attached hydrogen (secondary N) is 1. The Morgan fingerprint density at radius 1 is 1.40 bits per heavy atom. The maximum atomic E-state index is 6.37. The van der Waals surface area contributed by atoms with E-state index >= 15 is 0 Å². The van der Waals surface area contributed by atoms with Crippen LogP contribution in [0.1, 0.15) is 11.1 Å². The van der Waals surface area contributed by atoms with Crippen LogP contribution in [0.25, 0.3) is 10.9 Å². The third-order valence-corrected chi connectivity index (χ3v) is 3.56. The molecule has 0 aliphatic carbocycles. The summed E-state index contributed by atoms with van der Waals surface area (Å²) in [4.78, 5) is 4.43. The highest BCUT2D eigenvalue weighted by Crippen LogP contribution is 2.32. The summed E-state index contributed by atoms with van der Waals surface area (Å²) in [6, 6.07) is 5.91. The van der Waals surface area contributed by atoms with Crippen LogP contribution < -0.4 is 5.32 Å². The van der Waals surface area contributed by atoms with Crippen LogP contribution >= 0.6 is 11.6 Å². The summed E-state index contributed by atoms with van der Waals surface area (Å²) < 4.78 is 1.79. The zero-order chi connectivity index (χ0) is 14.1. The standard InChI is InChI=1S/C15H15ClN4/c1-10-6-13(16)15(12-4-3-5-17-14(10)12)18-7-11-8-19-20(2)9-11/h3-6,8-9,18H,7H2,1-2H3. The van der Waals surface area contributed by atoms with E-state index in [9.17, 15) is 0 Å². The Balaban J connectivity index is 1.98. The van der Waals surface area contributed by atoms with Gasteiger partial charge in [0.1, 0.15) is 0 Å². The smallest absolute Gasteiger partial charge is 0.0752 e. The second-order valence-electron chi connectivity index (χ2n) is 4.83. The van der Waals surface area contributed by atoms with Gasteiger partial charge in [-0.3, -0.25) is 9.67 Å². The number of rotatable bonds is 3. The van der Waals surface area contributed by atoms with Gasteiger partial charge < -0.3 is 5.32 Å². The first-order valence-corrected chi connectivity index (χ1v) is 6.78. The SMILES string of the molecule is Cc1cc(Cl)c(NCc2cnn(C)c2)c2cccnc12. The Morgan fingerprint density at radius 3 is 3.00 bits per heavy atom. The summed E-state index contributed by atoms with van der Waals surface area (Å²) >= 11 is 6.37. The number of nitrogens with zero attached hydrogens (tertiary/aromatic N) is 3. The van der Waals surface area contributed by atoms with E-state index in [0.29, 0.717) is 11.6 Å². The van der Waals surface area contributed by atoms with Crippen molar-refractivity contribution in [2.24, 2.45) is 7.05 Å². The quantitative estimate of drug-likeness (QED) is 0.801. The average molecular weight is 287 g/mol. The van der Waals surface area contributed by atoms with Gasteiger partial charge in [0.15, 0.2) is 0 Å². The molecule has 0 radical (unpaired) electrons. The highest BCUT2D eigenvalue weighted by atomic mass is 35.5. The van der Waals surface area contributed by atoms with Gasteiger partial charge in [-0.15, -0.1) is 0 Å². The topological polar surface area (TPSA) is 42.7 Å². The summed E-state index contributed by atoms with van der Waals surface area (Å²) in [6.45, 7) is 2.70. The van der Waals surface area contributed by atoms with Gasteiger partial charge >= 0.3 is 0 Å². The average Bonchev–Trinajstić information content (AvgIpc) is 2.84.